The number of hydrogen-bond donors (Lipinski definition) is 2. The number of para-hydroxylation sites is 1. The number of carbonyl (C=O) groups is 3. The zero-order valence-corrected chi connectivity index (χ0v) is 14.3. The molecule has 2 atom stereocenters. The minimum absolute atomic E-state index is 0.148. The van der Waals surface area contributed by atoms with Crippen LogP contribution in [0.3, 0.4) is 0 Å². The average Bonchev–Trinajstić information content (AvgIpc) is 2.64. The molecule has 25 heavy (non-hydrogen) atoms. The maximum Gasteiger partial charge on any atom is 0.326 e. The highest BCUT2D eigenvalue weighted by molar-refractivity contribution is 5.86. The van der Waals surface area contributed by atoms with Crippen LogP contribution in [0.5, 0.6) is 5.75 Å². The molecule has 7 nitrogen and oxygen atoms in total. The van der Waals surface area contributed by atoms with E-state index in [1.54, 1.807) is 7.05 Å². The van der Waals surface area contributed by atoms with Crippen LogP contribution in [0.1, 0.15) is 25.7 Å². The van der Waals surface area contributed by atoms with E-state index in [1.165, 1.54) is 4.90 Å². The van der Waals surface area contributed by atoms with Gasteiger partial charge in [-0.1, -0.05) is 18.2 Å². The van der Waals surface area contributed by atoms with E-state index in [0.29, 0.717) is 25.9 Å². The molecule has 0 spiro atoms. The summed E-state index contributed by atoms with van der Waals surface area (Å²) >= 11 is 0. The molecule has 1 saturated heterocycles. The highest BCUT2D eigenvalue weighted by Crippen LogP contribution is 2.23. The van der Waals surface area contributed by atoms with Gasteiger partial charge in [-0.25, -0.2) is 4.79 Å². The number of benzene rings is 1. The first-order chi connectivity index (χ1) is 12.0. The van der Waals surface area contributed by atoms with Crippen molar-refractivity contribution in [2.45, 2.75) is 31.7 Å². The van der Waals surface area contributed by atoms with Gasteiger partial charge in [0.1, 0.15) is 11.8 Å². The standard InChI is InChI=1S/C18H24N2O5/c1-19-17(22)13-9-10-15(18(23)24)20(12-13)16(21)8-5-11-25-14-6-3-2-4-7-14/h2-4,6-7,13,15H,5,8-12H2,1H3,(H,19,22)(H,23,24)/t13-,15-/m0/s1. The van der Waals surface area contributed by atoms with E-state index in [-0.39, 0.29) is 30.7 Å². The Bertz CT molecular complexity index is 605. The van der Waals surface area contributed by atoms with Crippen LogP contribution in [0.2, 0.25) is 0 Å². The molecule has 2 rings (SSSR count). The lowest BCUT2D eigenvalue weighted by Gasteiger charge is -2.36. The number of amides is 2. The van der Waals surface area contributed by atoms with E-state index in [4.69, 9.17) is 4.74 Å². The third-order valence-electron chi connectivity index (χ3n) is 4.35. The Labute approximate surface area is 147 Å². The van der Waals surface area contributed by atoms with E-state index < -0.39 is 12.0 Å². The number of rotatable bonds is 7. The fraction of sp³-hybridized carbons (Fsp3) is 0.500. The smallest absolute Gasteiger partial charge is 0.326 e. The minimum Gasteiger partial charge on any atom is -0.494 e. The Balaban J connectivity index is 1.87. The zero-order valence-electron chi connectivity index (χ0n) is 14.3. The summed E-state index contributed by atoms with van der Waals surface area (Å²) in [6.45, 7) is 0.523. The van der Waals surface area contributed by atoms with Crippen molar-refractivity contribution < 1.29 is 24.2 Å². The molecule has 136 valence electrons. The summed E-state index contributed by atoms with van der Waals surface area (Å²) in [7, 11) is 1.54. The van der Waals surface area contributed by atoms with Gasteiger partial charge in [-0.05, 0) is 31.4 Å². The lowest BCUT2D eigenvalue weighted by atomic mass is 9.91. The SMILES string of the molecule is CNC(=O)[C@H]1CC[C@@H](C(=O)O)N(C(=O)CCCOc2ccccc2)C1. The molecule has 0 aromatic heterocycles. The van der Waals surface area contributed by atoms with E-state index >= 15 is 0 Å². The first-order valence-corrected chi connectivity index (χ1v) is 8.44. The summed E-state index contributed by atoms with van der Waals surface area (Å²) < 4.78 is 5.54. The van der Waals surface area contributed by atoms with Crippen LogP contribution in [-0.4, -0.2) is 54.0 Å². The molecule has 1 aliphatic rings. The summed E-state index contributed by atoms with van der Waals surface area (Å²) in [6.07, 6.45) is 1.44. The Kier molecular flexibility index (Phi) is 6.80. The summed E-state index contributed by atoms with van der Waals surface area (Å²) in [5.74, 6) is -1.06. The molecule has 0 saturated carbocycles. The molecule has 1 aromatic carbocycles. The number of likely N-dealkylation sites (tertiary alicyclic amines) is 1. The van der Waals surface area contributed by atoms with E-state index in [1.807, 2.05) is 30.3 Å². The maximum absolute atomic E-state index is 12.5. The van der Waals surface area contributed by atoms with Crippen LogP contribution in [0, 0.1) is 5.92 Å². The Morgan fingerprint density at radius 2 is 1.96 bits per heavy atom. The van der Waals surface area contributed by atoms with Gasteiger partial charge in [0, 0.05) is 20.0 Å². The van der Waals surface area contributed by atoms with Gasteiger partial charge in [0.25, 0.3) is 0 Å². The molecule has 1 heterocycles. The van der Waals surface area contributed by atoms with Gasteiger partial charge in [0.05, 0.1) is 12.5 Å². The van der Waals surface area contributed by atoms with Crippen molar-refractivity contribution in [2.75, 3.05) is 20.2 Å². The number of carboxylic acid groups (broad SMARTS) is 1. The molecule has 0 radical (unpaired) electrons. The van der Waals surface area contributed by atoms with Crippen LogP contribution in [0.4, 0.5) is 0 Å². The van der Waals surface area contributed by atoms with Crippen molar-refractivity contribution in [3.8, 4) is 5.75 Å². The maximum atomic E-state index is 12.5. The van der Waals surface area contributed by atoms with Gasteiger partial charge in [-0.2, -0.15) is 0 Å². The summed E-state index contributed by atoms with van der Waals surface area (Å²) in [4.78, 5) is 37.0. The van der Waals surface area contributed by atoms with Crippen molar-refractivity contribution in [3.63, 3.8) is 0 Å². The normalized spacial score (nSPS) is 20.0. The molecule has 1 aliphatic heterocycles. The fourth-order valence-corrected chi connectivity index (χ4v) is 3.00. The topological polar surface area (TPSA) is 95.9 Å². The number of ether oxygens (including phenoxy) is 1. The van der Waals surface area contributed by atoms with Crippen LogP contribution in [0.15, 0.2) is 30.3 Å². The summed E-state index contributed by atoms with van der Waals surface area (Å²) in [5.41, 5.74) is 0. The van der Waals surface area contributed by atoms with Crippen LogP contribution < -0.4 is 10.1 Å². The van der Waals surface area contributed by atoms with Crippen LogP contribution >= 0.6 is 0 Å². The molecule has 0 aliphatic carbocycles. The Hall–Kier alpha value is -2.57. The van der Waals surface area contributed by atoms with E-state index in [0.717, 1.165) is 5.75 Å². The second-order valence-electron chi connectivity index (χ2n) is 6.05. The number of nitrogens with one attached hydrogen (secondary N) is 1. The van der Waals surface area contributed by atoms with Crippen LogP contribution in [-0.2, 0) is 14.4 Å². The number of carbonyl (C=O) groups excluding carboxylic acids is 2. The molecular weight excluding hydrogens is 324 g/mol. The Morgan fingerprint density at radius 1 is 1.24 bits per heavy atom. The lowest BCUT2D eigenvalue weighted by molar-refractivity contribution is -0.154. The highest BCUT2D eigenvalue weighted by atomic mass is 16.5. The van der Waals surface area contributed by atoms with Gasteiger partial charge in [0.2, 0.25) is 11.8 Å². The van der Waals surface area contributed by atoms with E-state index in [9.17, 15) is 19.5 Å². The quantitative estimate of drug-likeness (QED) is 0.724. The molecular formula is C18H24N2O5. The zero-order chi connectivity index (χ0) is 18.2. The van der Waals surface area contributed by atoms with Gasteiger partial charge < -0.3 is 20.1 Å². The fourth-order valence-electron chi connectivity index (χ4n) is 3.00. The number of carboxylic acids is 1. The average molecular weight is 348 g/mol. The van der Waals surface area contributed by atoms with Gasteiger partial charge in [0.15, 0.2) is 0 Å². The lowest BCUT2D eigenvalue weighted by Crippen LogP contribution is -2.53. The molecule has 7 heteroatoms. The van der Waals surface area contributed by atoms with Gasteiger partial charge in [-0.3, -0.25) is 9.59 Å². The highest BCUT2D eigenvalue weighted by Gasteiger charge is 2.37. The number of piperidine rings is 1. The second-order valence-corrected chi connectivity index (χ2v) is 6.05. The number of hydrogen-bond acceptors (Lipinski definition) is 4. The minimum atomic E-state index is -1.02. The number of aliphatic carboxylic acids is 1. The monoisotopic (exact) mass is 348 g/mol. The van der Waals surface area contributed by atoms with Crippen molar-refractivity contribution in [2.24, 2.45) is 5.92 Å². The largest absolute Gasteiger partial charge is 0.494 e. The predicted octanol–water partition coefficient (Wildman–Crippen LogP) is 1.28. The molecule has 1 aromatic rings. The third kappa shape index (κ3) is 5.20. The summed E-state index contributed by atoms with van der Waals surface area (Å²) in [5, 5.41) is 11.9. The Morgan fingerprint density at radius 3 is 2.60 bits per heavy atom. The van der Waals surface area contributed by atoms with Gasteiger partial charge >= 0.3 is 5.97 Å². The van der Waals surface area contributed by atoms with Crippen molar-refractivity contribution in [1.82, 2.24) is 10.2 Å². The molecule has 1 fully saturated rings. The molecule has 2 N–H and O–H groups in total. The van der Waals surface area contributed by atoms with E-state index in [2.05, 4.69) is 5.32 Å². The molecule has 2 amide bonds. The molecule has 0 unspecified atom stereocenters. The summed E-state index contributed by atoms with van der Waals surface area (Å²) in [6, 6.07) is 8.43. The third-order valence-corrected chi connectivity index (χ3v) is 4.35. The van der Waals surface area contributed by atoms with Crippen molar-refractivity contribution in [1.29, 1.82) is 0 Å². The number of nitrogens with zero attached hydrogens (tertiary/aromatic N) is 1. The second kappa shape index (κ2) is 9.05. The van der Waals surface area contributed by atoms with Crippen molar-refractivity contribution >= 4 is 17.8 Å². The first-order valence-electron chi connectivity index (χ1n) is 8.44. The predicted molar refractivity (Wildman–Crippen MR) is 91.1 cm³/mol. The van der Waals surface area contributed by atoms with Gasteiger partial charge in [-0.15, -0.1) is 0 Å². The first kappa shape index (κ1) is 18.8. The van der Waals surface area contributed by atoms with Crippen LogP contribution in [0.25, 0.3) is 0 Å². The van der Waals surface area contributed by atoms with Crippen molar-refractivity contribution in [3.05, 3.63) is 30.3 Å². The molecule has 0 bridgehead atoms.